The monoisotopic (exact) mass is 514 g/mol. The Morgan fingerprint density at radius 2 is 1.76 bits per heavy atom. The molecule has 206 valence electrons. The number of nitrogens with one attached hydrogen (secondary N) is 2. The summed E-state index contributed by atoms with van der Waals surface area (Å²) < 4.78 is 0. The van der Waals surface area contributed by atoms with Crippen LogP contribution in [0.25, 0.3) is 0 Å². The number of aliphatic hydroxyl groups excluding tert-OH is 1. The zero-order chi connectivity index (χ0) is 27.7. The van der Waals surface area contributed by atoms with E-state index in [2.05, 4.69) is 15.5 Å². The minimum Gasteiger partial charge on any atom is -0.387 e. The number of hydrogen-bond acceptors (Lipinski definition) is 5. The van der Waals surface area contributed by atoms with Crippen LogP contribution in [-0.4, -0.2) is 77.9 Å². The van der Waals surface area contributed by atoms with E-state index >= 15 is 0 Å². The smallest absolute Gasteiger partial charge is 0.246 e. The summed E-state index contributed by atoms with van der Waals surface area (Å²) in [5, 5.41) is 16.1. The highest BCUT2D eigenvalue weighted by Crippen LogP contribution is 2.19. The number of carbonyl (C=O) groups excluding carboxylic acids is 3. The number of rotatable bonds is 11. The zero-order valence-corrected chi connectivity index (χ0v) is 23.5. The molecule has 4 atom stereocenters. The average Bonchev–Trinajstić information content (AvgIpc) is 2.88. The van der Waals surface area contributed by atoms with Crippen molar-refractivity contribution in [2.45, 2.75) is 78.1 Å². The van der Waals surface area contributed by atoms with Gasteiger partial charge in [-0.25, -0.2) is 0 Å². The van der Waals surface area contributed by atoms with Gasteiger partial charge in [0.1, 0.15) is 6.04 Å². The summed E-state index contributed by atoms with van der Waals surface area (Å²) in [5.74, 6) is -0.625. The summed E-state index contributed by atoms with van der Waals surface area (Å²) in [7, 11) is 3.68. The number of nitrogens with zero attached hydrogens (tertiary/aromatic N) is 2. The maximum absolute atomic E-state index is 13.6. The van der Waals surface area contributed by atoms with Crippen molar-refractivity contribution in [1.82, 2.24) is 20.4 Å². The third-order valence-electron chi connectivity index (χ3n) is 7.20. The molecule has 1 aliphatic rings. The first-order valence-electron chi connectivity index (χ1n) is 13.4. The lowest BCUT2D eigenvalue weighted by atomic mass is 9.96. The molecule has 1 aliphatic heterocycles. The molecule has 1 fully saturated rings. The molecule has 0 unspecified atom stereocenters. The van der Waals surface area contributed by atoms with Crippen molar-refractivity contribution in [2.24, 2.45) is 11.8 Å². The van der Waals surface area contributed by atoms with E-state index < -0.39 is 12.1 Å². The molecule has 1 heterocycles. The molecule has 0 radical (unpaired) electrons. The fraction of sp³-hybridized carbons (Fsp3) is 0.621. The summed E-state index contributed by atoms with van der Waals surface area (Å²) in [5.41, 5.74) is 1.20. The standard InChI is InChI=1S/C29H46N4O4/c1-19(2)24(17-21(5)27(35)30-18-25(34)22-13-9-8-10-14-22)33(7)29(37)26(20(3)4)31-28(36)23-15-11-12-16-32(23)6/h8-10,13-14,17,19-20,23-26,34H,11-12,15-16,18H2,1-7H3,(H,30,35)(H,31,36)/b21-17+/t23-,24-,25-,26+/m1/s1. The number of likely N-dealkylation sites (tertiary alicyclic amines) is 1. The average molecular weight is 515 g/mol. The van der Waals surface area contributed by atoms with Crippen LogP contribution in [0.3, 0.4) is 0 Å². The van der Waals surface area contributed by atoms with Crippen molar-refractivity contribution in [3.05, 3.63) is 47.5 Å². The Morgan fingerprint density at radius 3 is 2.32 bits per heavy atom. The van der Waals surface area contributed by atoms with Gasteiger partial charge in [0.05, 0.1) is 18.2 Å². The largest absolute Gasteiger partial charge is 0.387 e. The number of aliphatic hydroxyl groups is 1. The Kier molecular flexibility index (Phi) is 11.8. The van der Waals surface area contributed by atoms with Crippen LogP contribution < -0.4 is 10.6 Å². The predicted molar refractivity (Wildman–Crippen MR) is 147 cm³/mol. The molecule has 1 aromatic rings. The van der Waals surface area contributed by atoms with Crippen LogP contribution in [-0.2, 0) is 14.4 Å². The van der Waals surface area contributed by atoms with Gasteiger partial charge in [-0.15, -0.1) is 0 Å². The van der Waals surface area contributed by atoms with Crippen molar-refractivity contribution < 1.29 is 19.5 Å². The summed E-state index contributed by atoms with van der Waals surface area (Å²) >= 11 is 0. The highest BCUT2D eigenvalue weighted by Gasteiger charge is 2.34. The third kappa shape index (κ3) is 8.68. The topological polar surface area (TPSA) is 102 Å². The number of benzene rings is 1. The van der Waals surface area contributed by atoms with Gasteiger partial charge in [0.25, 0.3) is 0 Å². The van der Waals surface area contributed by atoms with Gasteiger partial charge in [0, 0.05) is 19.2 Å². The molecule has 0 bridgehead atoms. The molecule has 8 nitrogen and oxygen atoms in total. The highest BCUT2D eigenvalue weighted by atomic mass is 16.3. The Bertz CT molecular complexity index is 931. The number of amides is 3. The minimum atomic E-state index is -0.804. The summed E-state index contributed by atoms with van der Waals surface area (Å²) in [6.07, 6.45) is 3.87. The lowest BCUT2D eigenvalue weighted by Gasteiger charge is -2.36. The molecule has 0 spiro atoms. The van der Waals surface area contributed by atoms with Crippen molar-refractivity contribution in [1.29, 1.82) is 0 Å². The van der Waals surface area contributed by atoms with Gasteiger partial charge in [-0.2, -0.15) is 0 Å². The van der Waals surface area contributed by atoms with Gasteiger partial charge in [0.15, 0.2) is 0 Å². The van der Waals surface area contributed by atoms with Crippen LogP contribution in [0.4, 0.5) is 0 Å². The first-order valence-corrected chi connectivity index (χ1v) is 13.4. The van der Waals surface area contributed by atoms with Crippen molar-refractivity contribution in [3.8, 4) is 0 Å². The number of carbonyl (C=O) groups is 3. The van der Waals surface area contributed by atoms with Crippen molar-refractivity contribution in [3.63, 3.8) is 0 Å². The molecule has 1 saturated heterocycles. The van der Waals surface area contributed by atoms with E-state index in [-0.39, 0.29) is 48.2 Å². The molecule has 0 saturated carbocycles. The van der Waals surface area contributed by atoms with Crippen molar-refractivity contribution >= 4 is 17.7 Å². The number of hydrogen-bond donors (Lipinski definition) is 3. The van der Waals surface area contributed by atoms with Gasteiger partial charge in [-0.05, 0) is 50.8 Å². The highest BCUT2D eigenvalue weighted by molar-refractivity contribution is 5.93. The fourth-order valence-corrected chi connectivity index (χ4v) is 4.74. The molecular formula is C29H46N4O4. The molecular weight excluding hydrogens is 468 g/mol. The maximum atomic E-state index is 13.6. The minimum absolute atomic E-state index is 0.0413. The van der Waals surface area contributed by atoms with Gasteiger partial charge >= 0.3 is 0 Å². The van der Waals surface area contributed by atoms with Gasteiger partial charge in [-0.1, -0.05) is 70.5 Å². The lowest BCUT2D eigenvalue weighted by Crippen LogP contribution is -2.57. The second-order valence-electron chi connectivity index (χ2n) is 10.9. The van der Waals surface area contributed by atoms with Gasteiger partial charge in [-0.3, -0.25) is 19.3 Å². The molecule has 0 aromatic heterocycles. The Balaban J connectivity index is 2.08. The molecule has 1 aromatic carbocycles. The first-order chi connectivity index (χ1) is 17.4. The van der Waals surface area contributed by atoms with Crippen molar-refractivity contribution in [2.75, 3.05) is 27.2 Å². The SMILES string of the molecule is C/C(=C\[C@H](C(C)C)N(C)C(=O)[C@@H](NC(=O)[C@H]1CCCCN1C)C(C)C)C(=O)NC[C@@H](O)c1ccccc1. The van der Waals surface area contributed by atoms with E-state index in [1.807, 2.05) is 65.1 Å². The van der Waals surface area contributed by atoms with E-state index in [0.717, 1.165) is 31.4 Å². The Hall–Kier alpha value is -2.71. The van der Waals surface area contributed by atoms with Crippen LogP contribution in [0.15, 0.2) is 42.0 Å². The molecule has 2 rings (SSSR count). The normalized spacial score (nSPS) is 19.3. The lowest BCUT2D eigenvalue weighted by molar-refractivity contribution is -0.139. The van der Waals surface area contributed by atoms with E-state index in [9.17, 15) is 19.5 Å². The summed E-state index contributed by atoms with van der Waals surface area (Å²) in [6.45, 7) is 10.5. The molecule has 8 heteroatoms. The van der Waals surface area contributed by atoms with Crippen LogP contribution in [0, 0.1) is 11.8 Å². The zero-order valence-electron chi connectivity index (χ0n) is 23.5. The Labute approximate surface area is 222 Å². The van der Waals surface area contributed by atoms with Crippen LogP contribution >= 0.6 is 0 Å². The Morgan fingerprint density at radius 1 is 1.11 bits per heavy atom. The summed E-state index contributed by atoms with van der Waals surface area (Å²) in [4.78, 5) is 43.1. The molecule has 37 heavy (non-hydrogen) atoms. The number of piperidine rings is 1. The van der Waals surface area contributed by atoms with E-state index in [4.69, 9.17) is 0 Å². The van der Waals surface area contributed by atoms with Crippen LogP contribution in [0.1, 0.15) is 65.5 Å². The first kappa shape index (κ1) is 30.5. The molecule has 3 N–H and O–H groups in total. The van der Waals surface area contributed by atoms with E-state index in [0.29, 0.717) is 5.57 Å². The van der Waals surface area contributed by atoms with Gasteiger partial charge in [0.2, 0.25) is 17.7 Å². The van der Waals surface area contributed by atoms with E-state index in [1.165, 1.54) is 0 Å². The predicted octanol–water partition coefficient (Wildman–Crippen LogP) is 2.89. The second kappa shape index (κ2) is 14.3. The summed E-state index contributed by atoms with van der Waals surface area (Å²) in [6, 6.07) is 7.96. The second-order valence-corrected chi connectivity index (χ2v) is 10.9. The van der Waals surface area contributed by atoms with Gasteiger partial charge < -0.3 is 20.6 Å². The van der Waals surface area contributed by atoms with Crippen LogP contribution in [0.5, 0.6) is 0 Å². The molecule has 3 amide bonds. The third-order valence-corrected chi connectivity index (χ3v) is 7.20. The maximum Gasteiger partial charge on any atom is 0.246 e. The quantitative estimate of drug-likeness (QED) is 0.394. The van der Waals surface area contributed by atoms with E-state index in [1.54, 1.807) is 24.9 Å². The fourth-order valence-electron chi connectivity index (χ4n) is 4.74. The molecule has 0 aliphatic carbocycles. The number of likely N-dealkylation sites (N-methyl/N-ethyl adjacent to an activating group) is 2. The van der Waals surface area contributed by atoms with Crippen LogP contribution in [0.2, 0.25) is 0 Å².